The monoisotopic (exact) mass is 252 g/mol. The fourth-order valence-corrected chi connectivity index (χ4v) is 1.88. The zero-order chi connectivity index (χ0) is 12.3. The average molecular weight is 252 g/mol. The Bertz CT molecular complexity index is 494. The molecule has 0 fully saturated rings. The van der Waals surface area contributed by atoms with Crippen LogP contribution in [0.25, 0.3) is 0 Å². The SMILES string of the molecule is CNc1nnc(C(=O)NC(C)c2ccco2)s1. The van der Waals surface area contributed by atoms with Gasteiger partial charge in [0.25, 0.3) is 5.91 Å². The summed E-state index contributed by atoms with van der Waals surface area (Å²) in [4.78, 5) is 11.8. The van der Waals surface area contributed by atoms with Crippen LogP contribution in [0.2, 0.25) is 0 Å². The fraction of sp³-hybridized carbons (Fsp3) is 0.300. The number of aromatic nitrogens is 2. The highest BCUT2D eigenvalue weighted by molar-refractivity contribution is 7.17. The van der Waals surface area contributed by atoms with E-state index in [2.05, 4.69) is 20.8 Å². The molecule has 1 unspecified atom stereocenters. The van der Waals surface area contributed by atoms with Crippen molar-refractivity contribution in [3.05, 3.63) is 29.2 Å². The van der Waals surface area contributed by atoms with E-state index in [1.807, 2.05) is 13.0 Å². The number of furan rings is 1. The molecule has 0 aliphatic carbocycles. The third-order valence-electron chi connectivity index (χ3n) is 2.15. The molecule has 0 bridgehead atoms. The lowest BCUT2D eigenvalue weighted by Crippen LogP contribution is -2.26. The van der Waals surface area contributed by atoms with Crippen LogP contribution in [-0.4, -0.2) is 23.2 Å². The van der Waals surface area contributed by atoms with E-state index in [1.54, 1.807) is 19.4 Å². The van der Waals surface area contributed by atoms with Gasteiger partial charge in [0.2, 0.25) is 10.1 Å². The minimum absolute atomic E-state index is 0.195. The second-order valence-electron chi connectivity index (χ2n) is 3.37. The molecule has 0 radical (unpaired) electrons. The predicted molar refractivity (Wildman–Crippen MR) is 64.0 cm³/mol. The predicted octanol–water partition coefficient (Wildman–Crippen LogP) is 1.66. The molecule has 17 heavy (non-hydrogen) atoms. The van der Waals surface area contributed by atoms with Gasteiger partial charge in [-0.05, 0) is 19.1 Å². The topological polar surface area (TPSA) is 80.0 Å². The van der Waals surface area contributed by atoms with Gasteiger partial charge < -0.3 is 15.1 Å². The molecule has 0 aliphatic rings. The van der Waals surface area contributed by atoms with Crippen molar-refractivity contribution in [2.24, 2.45) is 0 Å². The Morgan fingerprint density at radius 1 is 1.53 bits per heavy atom. The van der Waals surface area contributed by atoms with Gasteiger partial charge in [-0.15, -0.1) is 10.2 Å². The first kappa shape index (κ1) is 11.6. The van der Waals surface area contributed by atoms with Gasteiger partial charge in [0.15, 0.2) is 0 Å². The quantitative estimate of drug-likeness (QED) is 0.865. The van der Waals surface area contributed by atoms with E-state index in [0.717, 1.165) is 0 Å². The average Bonchev–Trinajstić information content (AvgIpc) is 3.00. The lowest BCUT2D eigenvalue weighted by molar-refractivity contribution is 0.0934. The van der Waals surface area contributed by atoms with Gasteiger partial charge in [0.1, 0.15) is 5.76 Å². The minimum Gasteiger partial charge on any atom is -0.467 e. The second kappa shape index (κ2) is 4.96. The van der Waals surface area contributed by atoms with Gasteiger partial charge in [-0.3, -0.25) is 4.79 Å². The summed E-state index contributed by atoms with van der Waals surface area (Å²) in [7, 11) is 1.73. The summed E-state index contributed by atoms with van der Waals surface area (Å²) in [6.07, 6.45) is 1.57. The number of rotatable bonds is 4. The highest BCUT2D eigenvalue weighted by atomic mass is 32.1. The molecule has 0 spiro atoms. The highest BCUT2D eigenvalue weighted by Crippen LogP contribution is 2.17. The molecule has 2 rings (SSSR count). The molecule has 2 N–H and O–H groups in total. The van der Waals surface area contributed by atoms with E-state index < -0.39 is 0 Å². The molecular formula is C10H12N4O2S. The maximum atomic E-state index is 11.8. The Morgan fingerprint density at radius 2 is 2.35 bits per heavy atom. The number of nitrogens with one attached hydrogen (secondary N) is 2. The van der Waals surface area contributed by atoms with Crippen LogP contribution < -0.4 is 10.6 Å². The van der Waals surface area contributed by atoms with E-state index in [9.17, 15) is 4.79 Å². The second-order valence-corrected chi connectivity index (χ2v) is 4.35. The lowest BCUT2D eigenvalue weighted by atomic mass is 10.2. The molecule has 90 valence electrons. The van der Waals surface area contributed by atoms with Crippen LogP contribution in [0.5, 0.6) is 0 Å². The van der Waals surface area contributed by atoms with Crippen LogP contribution in [0.3, 0.4) is 0 Å². The summed E-state index contributed by atoms with van der Waals surface area (Å²) in [6, 6.07) is 3.39. The van der Waals surface area contributed by atoms with E-state index >= 15 is 0 Å². The van der Waals surface area contributed by atoms with E-state index in [1.165, 1.54) is 11.3 Å². The van der Waals surface area contributed by atoms with Crippen molar-refractivity contribution in [3.63, 3.8) is 0 Å². The molecule has 0 saturated carbocycles. The van der Waals surface area contributed by atoms with Gasteiger partial charge in [-0.2, -0.15) is 0 Å². The normalized spacial score (nSPS) is 12.1. The van der Waals surface area contributed by atoms with Crippen LogP contribution in [0, 0.1) is 0 Å². The summed E-state index contributed by atoms with van der Waals surface area (Å²) in [5.41, 5.74) is 0. The van der Waals surface area contributed by atoms with Crippen LogP contribution in [-0.2, 0) is 0 Å². The number of amides is 1. The third kappa shape index (κ3) is 2.62. The molecule has 0 aliphatic heterocycles. The van der Waals surface area contributed by atoms with Crippen LogP contribution in [0.15, 0.2) is 22.8 Å². The highest BCUT2D eigenvalue weighted by Gasteiger charge is 2.16. The smallest absolute Gasteiger partial charge is 0.282 e. The molecular weight excluding hydrogens is 240 g/mol. The molecule has 0 saturated heterocycles. The van der Waals surface area contributed by atoms with Gasteiger partial charge in [-0.25, -0.2) is 0 Å². The summed E-state index contributed by atoms with van der Waals surface area (Å²) >= 11 is 1.20. The maximum absolute atomic E-state index is 11.8. The number of carbonyl (C=O) groups is 1. The van der Waals surface area contributed by atoms with Crippen molar-refractivity contribution in [3.8, 4) is 0 Å². The van der Waals surface area contributed by atoms with E-state index in [0.29, 0.717) is 15.9 Å². The van der Waals surface area contributed by atoms with Crippen molar-refractivity contribution >= 4 is 22.4 Å². The van der Waals surface area contributed by atoms with Crippen molar-refractivity contribution in [1.29, 1.82) is 0 Å². The minimum atomic E-state index is -0.257. The Labute approximate surface area is 102 Å². The molecule has 6 nitrogen and oxygen atoms in total. The number of hydrogen-bond acceptors (Lipinski definition) is 6. The van der Waals surface area contributed by atoms with Gasteiger partial charge in [0.05, 0.1) is 12.3 Å². The number of carbonyl (C=O) groups excluding carboxylic acids is 1. The Hall–Kier alpha value is -1.89. The summed E-state index contributed by atoms with van der Waals surface area (Å²) in [5, 5.41) is 14.1. The summed E-state index contributed by atoms with van der Waals surface area (Å²) in [6.45, 7) is 1.84. The first-order valence-electron chi connectivity index (χ1n) is 5.06. The maximum Gasteiger partial charge on any atom is 0.282 e. The van der Waals surface area contributed by atoms with E-state index in [4.69, 9.17) is 4.42 Å². The Morgan fingerprint density at radius 3 is 2.94 bits per heavy atom. The number of anilines is 1. The first-order valence-corrected chi connectivity index (χ1v) is 5.88. The first-order chi connectivity index (χ1) is 8.20. The molecule has 1 amide bonds. The zero-order valence-electron chi connectivity index (χ0n) is 9.43. The van der Waals surface area contributed by atoms with Crippen LogP contribution in [0.1, 0.15) is 28.5 Å². The number of nitrogens with zero attached hydrogens (tertiary/aromatic N) is 2. The van der Waals surface area contributed by atoms with Crippen molar-refractivity contribution < 1.29 is 9.21 Å². The summed E-state index contributed by atoms with van der Waals surface area (Å²) < 4.78 is 5.20. The van der Waals surface area contributed by atoms with Crippen molar-refractivity contribution in [1.82, 2.24) is 15.5 Å². The molecule has 0 aromatic carbocycles. The molecule has 2 heterocycles. The van der Waals surface area contributed by atoms with Gasteiger partial charge in [-0.1, -0.05) is 11.3 Å². The zero-order valence-corrected chi connectivity index (χ0v) is 10.2. The van der Waals surface area contributed by atoms with E-state index in [-0.39, 0.29) is 11.9 Å². The third-order valence-corrected chi connectivity index (χ3v) is 3.09. The standard InChI is InChI=1S/C10H12N4O2S/c1-6(7-4-3-5-16-7)12-8(15)9-13-14-10(11-2)17-9/h3-6H,1-2H3,(H,11,14)(H,12,15). The molecule has 2 aromatic rings. The molecule has 2 aromatic heterocycles. The van der Waals surface area contributed by atoms with Crippen molar-refractivity contribution in [2.75, 3.05) is 12.4 Å². The molecule has 7 heteroatoms. The van der Waals surface area contributed by atoms with Gasteiger partial charge in [0, 0.05) is 7.05 Å². The van der Waals surface area contributed by atoms with Crippen LogP contribution >= 0.6 is 11.3 Å². The lowest BCUT2D eigenvalue weighted by Gasteiger charge is -2.09. The number of hydrogen-bond donors (Lipinski definition) is 2. The largest absolute Gasteiger partial charge is 0.467 e. The molecule has 1 atom stereocenters. The van der Waals surface area contributed by atoms with Crippen molar-refractivity contribution in [2.45, 2.75) is 13.0 Å². The fourth-order valence-electron chi connectivity index (χ4n) is 1.28. The Kier molecular flexibility index (Phi) is 3.38. The summed E-state index contributed by atoms with van der Waals surface area (Å²) in [5.74, 6) is 0.449. The van der Waals surface area contributed by atoms with Gasteiger partial charge >= 0.3 is 0 Å². The van der Waals surface area contributed by atoms with Crippen LogP contribution in [0.4, 0.5) is 5.13 Å². The Balaban J connectivity index is 2.01.